The lowest BCUT2D eigenvalue weighted by Crippen LogP contribution is -2.66. The molecule has 2 atom stereocenters. The molecule has 2 heterocycles. The highest BCUT2D eigenvalue weighted by Gasteiger charge is 2.52. The van der Waals surface area contributed by atoms with Crippen molar-refractivity contribution >= 4 is 35.2 Å². The Morgan fingerprint density at radius 1 is 1.27 bits per heavy atom. The normalized spacial score (nSPS) is 24.8. The van der Waals surface area contributed by atoms with Gasteiger partial charge in [0.25, 0.3) is 0 Å². The summed E-state index contributed by atoms with van der Waals surface area (Å²) in [5.41, 5.74) is 0.995. The number of rotatable bonds is 5. The molecule has 1 aromatic rings. The van der Waals surface area contributed by atoms with Gasteiger partial charge in [-0.3, -0.25) is 9.59 Å². The third-order valence-corrected chi connectivity index (χ3v) is 5.19. The molecule has 0 saturated carbocycles. The van der Waals surface area contributed by atoms with E-state index in [0.29, 0.717) is 29.8 Å². The van der Waals surface area contributed by atoms with Crippen LogP contribution in [0.5, 0.6) is 0 Å². The molecule has 0 unspecified atom stereocenters. The van der Waals surface area contributed by atoms with Crippen LogP contribution in [0.2, 0.25) is 5.02 Å². The number of thioether (sulfide) groups is 1. The molecule has 0 aliphatic carbocycles. The minimum Gasteiger partial charge on any atom is -0.383 e. The van der Waals surface area contributed by atoms with E-state index in [0.717, 1.165) is 5.56 Å². The van der Waals surface area contributed by atoms with E-state index >= 15 is 0 Å². The predicted molar refractivity (Wildman–Crippen MR) is 85.7 cm³/mol. The van der Waals surface area contributed by atoms with Crippen LogP contribution in [-0.4, -0.2) is 59.5 Å². The smallest absolute Gasteiger partial charge is 0.248 e. The van der Waals surface area contributed by atoms with Gasteiger partial charge in [-0.15, -0.1) is 11.8 Å². The second-order valence-corrected chi connectivity index (χ2v) is 6.70. The standard InChI is InChI=1S/C15H17ClN2O3S/c1-21-7-6-17-13(10-2-4-11(16)5-3-10)14(15(17)20)18-9-22-8-12(18)19/h2-5,13-14H,6-9H2,1H3/t13-,14+/m1/s1. The quantitative estimate of drug-likeness (QED) is 0.767. The molecular formula is C15H17ClN2O3S. The molecule has 2 amide bonds. The number of carbonyl (C=O) groups is 2. The fraction of sp³-hybridized carbons (Fsp3) is 0.467. The van der Waals surface area contributed by atoms with E-state index < -0.39 is 6.04 Å². The Hall–Kier alpha value is -1.24. The molecule has 1 aromatic carbocycles. The highest BCUT2D eigenvalue weighted by Crippen LogP contribution is 2.40. The van der Waals surface area contributed by atoms with Crippen LogP contribution >= 0.6 is 23.4 Å². The van der Waals surface area contributed by atoms with Gasteiger partial charge in [0.05, 0.1) is 24.3 Å². The van der Waals surface area contributed by atoms with E-state index in [9.17, 15) is 9.59 Å². The first-order chi connectivity index (χ1) is 10.6. The third kappa shape index (κ3) is 2.71. The number of methoxy groups -OCH3 is 1. The number of amides is 2. The molecule has 0 bridgehead atoms. The van der Waals surface area contributed by atoms with Crippen molar-refractivity contribution in [2.75, 3.05) is 31.9 Å². The first kappa shape index (κ1) is 15.6. The van der Waals surface area contributed by atoms with Crippen LogP contribution < -0.4 is 0 Å². The van der Waals surface area contributed by atoms with Gasteiger partial charge in [0.15, 0.2) is 0 Å². The highest BCUT2D eigenvalue weighted by molar-refractivity contribution is 8.00. The minimum absolute atomic E-state index is 0.00662. The summed E-state index contributed by atoms with van der Waals surface area (Å²) in [6.07, 6.45) is 0. The molecule has 7 heteroatoms. The van der Waals surface area contributed by atoms with Crippen LogP contribution in [0.1, 0.15) is 11.6 Å². The molecule has 2 fully saturated rings. The second-order valence-electron chi connectivity index (χ2n) is 5.31. The van der Waals surface area contributed by atoms with Crippen molar-refractivity contribution in [1.29, 1.82) is 0 Å². The molecule has 118 valence electrons. The van der Waals surface area contributed by atoms with Crippen molar-refractivity contribution in [3.63, 3.8) is 0 Å². The summed E-state index contributed by atoms with van der Waals surface area (Å²) in [4.78, 5) is 27.9. The van der Waals surface area contributed by atoms with Crippen molar-refractivity contribution in [1.82, 2.24) is 9.80 Å². The second kappa shape index (κ2) is 6.48. The van der Waals surface area contributed by atoms with E-state index in [1.54, 1.807) is 28.7 Å². The van der Waals surface area contributed by atoms with Crippen molar-refractivity contribution in [2.45, 2.75) is 12.1 Å². The SMILES string of the molecule is COCCN1C(=O)[C@@H](N2CSCC2=O)[C@H]1c1ccc(Cl)cc1. The Balaban J connectivity index is 1.86. The predicted octanol–water partition coefficient (Wildman–Crippen LogP) is 1.77. The Labute approximate surface area is 138 Å². The molecule has 22 heavy (non-hydrogen) atoms. The van der Waals surface area contributed by atoms with Crippen molar-refractivity contribution in [3.05, 3.63) is 34.9 Å². The lowest BCUT2D eigenvalue weighted by Gasteiger charge is -2.50. The number of benzene rings is 1. The van der Waals surface area contributed by atoms with Gasteiger partial charge in [-0.2, -0.15) is 0 Å². The molecule has 0 radical (unpaired) electrons. The van der Waals surface area contributed by atoms with E-state index in [-0.39, 0.29) is 17.9 Å². The molecule has 0 spiro atoms. The van der Waals surface area contributed by atoms with Crippen LogP contribution in [-0.2, 0) is 14.3 Å². The molecule has 0 aromatic heterocycles. The fourth-order valence-electron chi connectivity index (χ4n) is 2.92. The summed E-state index contributed by atoms with van der Waals surface area (Å²) in [7, 11) is 1.61. The molecule has 2 aliphatic rings. The fourth-order valence-corrected chi connectivity index (χ4v) is 3.98. The molecule has 3 rings (SSSR count). The summed E-state index contributed by atoms with van der Waals surface area (Å²) in [6.45, 7) is 1.000. The van der Waals surface area contributed by atoms with Crippen LogP contribution in [0.3, 0.4) is 0 Å². The van der Waals surface area contributed by atoms with E-state index in [4.69, 9.17) is 16.3 Å². The van der Waals surface area contributed by atoms with E-state index in [2.05, 4.69) is 0 Å². The van der Waals surface area contributed by atoms with E-state index in [1.807, 2.05) is 24.3 Å². The first-order valence-corrected chi connectivity index (χ1v) is 8.59. The zero-order chi connectivity index (χ0) is 15.7. The minimum atomic E-state index is -0.402. The molecule has 2 saturated heterocycles. The zero-order valence-electron chi connectivity index (χ0n) is 12.2. The number of carbonyl (C=O) groups excluding carboxylic acids is 2. The van der Waals surface area contributed by atoms with Gasteiger partial charge in [-0.1, -0.05) is 23.7 Å². The lowest BCUT2D eigenvalue weighted by atomic mass is 9.87. The largest absolute Gasteiger partial charge is 0.383 e. The molecule has 2 aliphatic heterocycles. The number of β-lactam (4-membered cyclic amide) rings is 1. The first-order valence-electron chi connectivity index (χ1n) is 7.05. The van der Waals surface area contributed by atoms with Gasteiger partial charge in [0.1, 0.15) is 6.04 Å². The van der Waals surface area contributed by atoms with Crippen LogP contribution in [0.25, 0.3) is 0 Å². The van der Waals surface area contributed by atoms with Crippen LogP contribution in [0, 0.1) is 0 Å². The monoisotopic (exact) mass is 340 g/mol. The number of halogens is 1. The molecule has 0 N–H and O–H groups in total. The van der Waals surface area contributed by atoms with Gasteiger partial charge < -0.3 is 14.5 Å². The van der Waals surface area contributed by atoms with E-state index in [1.165, 1.54) is 0 Å². The van der Waals surface area contributed by atoms with Crippen LogP contribution in [0.4, 0.5) is 0 Å². The van der Waals surface area contributed by atoms with Gasteiger partial charge in [0, 0.05) is 18.7 Å². The maximum Gasteiger partial charge on any atom is 0.248 e. The summed E-state index contributed by atoms with van der Waals surface area (Å²) in [6, 6.07) is 6.93. The average molecular weight is 341 g/mol. The molecule has 5 nitrogen and oxygen atoms in total. The number of hydrogen-bond acceptors (Lipinski definition) is 4. The van der Waals surface area contributed by atoms with Gasteiger partial charge >= 0.3 is 0 Å². The topological polar surface area (TPSA) is 49.9 Å². The van der Waals surface area contributed by atoms with Gasteiger partial charge in [0.2, 0.25) is 11.8 Å². The summed E-state index contributed by atoms with van der Waals surface area (Å²) in [5.74, 6) is 1.06. The Morgan fingerprint density at radius 3 is 2.59 bits per heavy atom. The van der Waals surface area contributed by atoms with Gasteiger partial charge in [-0.25, -0.2) is 0 Å². The number of hydrogen-bond donors (Lipinski definition) is 0. The van der Waals surface area contributed by atoms with Crippen LogP contribution in [0.15, 0.2) is 24.3 Å². The number of nitrogens with zero attached hydrogens (tertiary/aromatic N) is 2. The van der Waals surface area contributed by atoms with Crippen molar-refractivity contribution < 1.29 is 14.3 Å². The summed E-state index contributed by atoms with van der Waals surface area (Å²) in [5, 5.41) is 0.655. The average Bonchev–Trinajstić information content (AvgIpc) is 2.92. The lowest BCUT2D eigenvalue weighted by molar-refractivity contribution is -0.164. The maximum atomic E-state index is 12.5. The number of ether oxygens (including phenoxy) is 1. The van der Waals surface area contributed by atoms with Crippen molar-refractivity contribution in [2.24, 2.45) is 0 Å². The number of likely N-dealkylation sites (tertiary alicyclic amines) is 1. The molecular weight excluding hydrogens is 324 g/mol. The summed E-state index contributed by atoms with van der Waals surface area (Å²) < 4.78 is 5.08. The zero-order valence-corrected chi connectivity index (χ0v) is 13.8. The Morgan fingerprint density at radius 2 is 2.00 bits per heavy atom. The van der Waals surface area contributed by atoms with Gasteiger partial charge in [-0.05, 0) is 17.7 Å². The Bertz CT molecular complexity index is 581. The van der Waals surface area contributed by atoms with Crippen molar-refractivity contribution in [3.8, 4) is 0 Å². The summed E-state index contributed by atoms with van der Waals surface area (Å²) >= 11 is 7.49. The third-order valence-electron chi connectivity index (χ3n) is 4.03. The maximum absolute atomic E-state index is 12.5. The highest BCUT2D eigenvalue weighted by atomic mass is 35.5. The Kier molecular flexibility index (Phi) is 4.61.